The number of hydrogen-bond donors (Lipinski definition) is 2. The van der Waals surface area contributed by atoms with Crippen LogP contribution in [-0.2, 0) is 11.2 Å². The molecule has 2 N–H and O–H groups in total. The minimum atomic E-state index is -0.218. The Balaban J connectivity index is 2.16. The predicted octanol–water partition coefficient (Wildman–Crippen LogP) is 1.40. The van der Waals surface area contributed by atoms with Gasteiger partial charge in [0.2, 0.25) is 5.91 Å². The summed E-state index contributed by atoms with van der Waals surface area (Å²) in [4.78, 5) is 27.6. The van der Waals surface area contributed by atoms with Crippen molar-refractivity contribution in [2.45, 2.75) is 27.2 Å². The standard InChI is InChI=1S/C16H22N4O2/c1-11(2)10-14-19-15(13-6-4-5-9-20(13)14)16(22)18-8-7-17-12(3)21/h4-6,9,11H,7-8,10H2,1-3H3,(H,17,21)(H,18,22). The Morgan fingerprint density at radius 1 is 1.23 bits per heavy atom. The average molecular weight is 302 g/mol. The molecule has 0 aliphatic heterocycles. The molecule has 2 rings (SSSR count). The van der Waals surface area contributed by atoms with E-state index in [4.69, 9.17) is 0 Å². The lowest BCUT2D eigenvalue weighted by Crippen LogP contribution is -2.33. The number of imidazole rings is 1. The van der Waals surface area contributed by atoms with Crippen molar-refractivity contribution in [1.82, 2.24) is 20.0 Å². The highest BCUT2D eigenvalue weighted by Crippen LogP contribution is 2.15. The minimum absolute atomic E-state index is 0.110. The second-order valence-corrected chi connectivity index (χ2v) is 5.67. The number of amides is 2. The molecule has 0 radical (unpaired) electrons. The van der Waals surface area contributed by atoms with Crippen LogP contribution in [-0.4, -0.2) is 34.3 Å². The van der Waals surface area contributed by atoms with E-state index >= 15 is 0 Å². The predicted molar refractivity (Wildman–Crippen MR) is 84.8 cm³/mol. The fraction of sp³-hybridized carbons (Fsp3) is 0.438. The summed E-state index contributed by atoms with van der Waals surface area (Å²) >= 11 is 0. The lowest BCUT2D eigenvalue weighted by atomic mass is 10.1. The van der Waals surface area contributed by atoms with E-state index in [1.54, 1.807) is 0 Å². The molecule has 2 amide bonds. The smallest absolute Gasteiger partial charge is 0.272 e. The summed E-state index contributed by atoms with van der Waals surface area (Å²) in [5.74, 6) is 1.02. The SMILES string of the molecule is CC(=O)NCCNC(=O)c1nc(CC(C)C)n2ccccc12. The van der Waals surface area contributed by atoms with Crippen LogP contribution in [0.4, 0.5) is 0 Å². The summed E-state index contributed by atoms with van der Waals surface area (Å²) in [6, 6.07) is 5.71. The normalized spacial score (nSPS) is 10.9. The lowest BCUT2D eigenvalue weighted by Gasteiger charge is -2.04. The third-order valence-electron chi connectivity index (χ3n) is 3.21. The number of nitrogens with zero attached hydrogens (tertiary/aromatic N) is 2. The van der Waals surface area contributed by atoms with Gasteiger partial charge in [-0.15, -0.1) is 0 Å². The maximum atomic E-state index is 12.3. The number of hydrogen-bond acceptors (Lipinski definition) is 3. The Labute approximate surface area is 129 Å². The molecule has 0 fully saturated rings. The molecule has 2 aromatic heterocycles. The molecule has 6 nitrogen and oxygen atoms in total. The highest BCUT2D eigenvalue weighted by molar-refractivity contribution is 5.99. The van der Waals surface area contributed by atoms with Gasteiger partial charge in [0.15, 0.2) is 5.69 Å². The van der Waals surface area contributed by atoms with Crippen LogP contribution in [0.1, 0.15) is 37.1 Å². The third kappa shape index (κ3) is 3.84. The molecule has 0 aliphatic carbocycles. The monoisotopic (exact) mass is 302 g/mol. The molecule has 0 aliphatic rings. The highest BCUT2D eigenvalue weighted by atomic mass is 16.2. The Kier molecular flexibility index (Phi) is 5.14. The first-order valence-corrected chi connectivity index (χ1v) is 7.47. The van der Waals surface area contributed by atoms with E-state index in [-0.39, 0.29) is 11.8 Å². The maximum Gasteiger partial charge on any atom is 0.272 e. The van der Waals surface area contributed by atoms with Crippen molar-refractivity contribution >= 4 is 17.3 Å². The van der Waals surface area contributed by atoms with Crippen LogP contribution in [0.25, 0.3) is 5.52 Å². The van der Waals surface area contributed by atoms with Gasteiger partial charge in [0.05, 0.1) is 5.52 Å². The zero-order valence-corrected chi connectivity index (χ0v) is 13.2. The van der Waals surface area contributed by atoms with Crippen molar-refractivity contribution in [3.63, 3.8) is 0 Å². The van der Waals surface area contributed by atoms with Gasteiger partial charge in [0.1, 0.15) is 5.82 Å². The molecule has 2 aromatic rings. The molecule has 0 atom stereocenters. The summed E-state index contributed by atoms with van der Waals surface area (Å²) in [5.41, 5.74) is 1.23. The van der Waals surface area contributed by atoms with E-state index < -0.39 is 0 Å². The molecular weight excluding hydrogens is 280 g/mol. The Morgan fingerprint density at radius 2 is 1.95 bits per heavy atom. The number of carbonyl (C=O) groups is 2. The van der Waals surface area contributed by atoms with Gasteiger partial charge in [-0.1, -0.05) is 19.9 Å². The molecule has 22 heavy (non-hydrogen) atoms. The van der Waals surface area contributed by atoms with Gasteiger partial charge in [0, 0.05) is 32.6 Å². The molecule has 2 heterocycles. The zero-order chi connectivity index (χ0) is 16.1. The molecule has 6 heteroatoms. The van der Waals surface area contributed by atoms with Crippen molar-refractivity contribution in [3.05, 3.63) is 35.9 Å². The van der Waals surface area contributed by atoms with Crippen LogP contribution in [0.3, 0.4) is 0 Å². The molecule has 0 aromatic carbocycles. The zero-order valence-electron chi connectivity index (χ0n) is 13.2. The van der Waals surface area contributed by atoms with Gasteiger partial charge in [-0.2, -0.15) is 0 Å². The molecule has 0 saturated heterocycles. The first kappa shape index (κ1) is 16.0. The molecule has 0 unspecified atom stereocenters. The lowest BCUT2D eigenvalue weighted by molar-refractivity contribution is -0.118. The topological polar surface area (TPSA) is 75.5 Å². The van der Waals surface area contributed by atoms with E-state index in [0.717, 1.165) is 17.8 Å². The molecule has 0 bridgehead atoms. The quantitative estimate of drug-likeness (QED) is 0.792. The largest absolute Gasteiger partial charge is 0.355 e. The van der Waals surface area contributed by atoms with Crippen LogP contribution in [0.5, 0.6) is 0 Å². The number of rotatable bonds is 6. The van der Waals surface area contributed by atoms with Crippen molar-refractivity contribution in [3.8, 4) is 0 Å². The number of fused-ring (bicyclic) bond motifs is 1. The van der Waals surface area contributed by atoms with Crippen LogP contribution in [0, 0.1) is 5.92 Å². The summed E-state index contributed by atoms with van der Waals surface area (Å²) in [6.07, 6.45) is 2.73. The molecule has 118 valence electrons. The van der Waals surface area contributed by atoms with E-state index in [2.05, 4.69) is 29.5 Å². The van der Waals surface area contributed by atoms with E-state index in [9.17, 15) is 9.59 Å². The van der Waals surface area contributed by atoms with E-state index in [1.807, 2.05) is 28.8 Å². The number of carbonyl (C=O) groups excluding carboxylic acids is 2. The molecule has 0 spiro atoms. The summed E-state index contributed by atoms with van der Waals surface area (Å²) < 4.78 is 1.96. The first-order chi connectivity index (χ1) is 10.5. The fourth-order valence-electron chi connectivity index (χ4n) is 2.28. The van der Waals surface area contributed by atoms with Gasteiger partial charge < -0.3 is 15.0 Å². The second kappa shape index (κ2) is 7.06. The van der Waals surface area contributed by atoms with Crippen LogP contribution in [0.2, 0.25) is 0 Å². The third-order valence-corrected chi connectivity index (χ3v) is 3.21. The number of nitrogens with one attached hydrogen (secondary N) is 2. The summed E-state index contributed by atoms with van der Waals surface area (Å²) in [5, 5.41) is 5.43. The number of pyridine rings is 1. The van der Waals surface area contributed by atoms with Crippen molar-refractivity contribution in [1.29, 1.82) is 0 Å². The van der Waals surface area contributed by atoms with Gasteiger partial charge in [0.25, 0.3) is 5.91 Å². The molecular formula is C16H22N4O2. The fourth-order valence-corrected chi connectivity index (χ4v) is 2.28. The van der Waals surface area contributed by atoms with Crippen LogP contribution >= 0.6 is 0 Å². The second-order valence-electron chi connectivity index (χ2n) is 5.67. The van der Waals surface area contributed by atoms with Gasteiger partial charge in [-0.05, 0) is 18.1 Å². The van der Waals surface area contributed by atoms with Crippen LogP contribution in [0.15, 0.2) is 24.4 Å². The Hall–Kier alpha value is -2.37. The Bertz CT molecular complexity index is 676. The van der Waals surface area contributed by atoms with Gasteiger partial charge in [-0.25, -0.2) is 4.98 Å². The Morgan fingerprint density at radius 3 is 2.64 bits per heavy atom. The highest BCUT2D eigenvalue weighted by Gasteiger charge is 2.17. The number of aromatic nitrogens is 2. The average Bonchev–Trinajstić information content (AvgIpc) is 2.82. The van der Waals surface area contributed by atoms with Crippen molar-refractivity contribution in [2.75, 3.05) is 13.1 Å². The molecule has 0 saturated carbocycles. The van der Waals surface area contributed by atoms with E-state index in [0.29, 0.717) is 24.7 Å². The van der Waals surface area contributed by atoms with Crippen molar-refractivity contribution < 1.29 is 9.59 Å². The minimum Gasteiger partial charge on any atom is -0.355 e. The summed E-state index contributed by atoms with van der Waals surface area (Å²) in [6.45, 7) is 6.48. The summed E-state index contributed by atoms with van der Waals surface area (Å²) in [7, 11) is 0. The van der Waals surface area contributed by atoms with Gasteiger partial charge in [-0.3, -0.25) is 9.59 Å². The van der Waals surface area contributed by atoms with Crippen LogP contribution < -0.4 is 10.6 Å². The van der Waals surface area contributed by atoms with E-state index in [1.165, 1.54) is 6.92 Å². The maximum absolute atomic E-state index is 12.3. The van der Waals surface area contributed by atoms with Gasteiger partial charge >= 0.3 is 0 Å². The van der Waals surface area contributed by atoms with Crippen molar-refractivity contribution in [2.24, 2.45) is 5.92 Å². The first-order valence-electron chi connectivity index (χ1n) is 7.47.